The third-order valence-corrected chi connectivity index (χ3v) is 1.91. The molecular weight excluding hydrogens is 140 g/mol. The minimum Gasteiger partial charge on any atom is -0.349 e. The molecule has 0 spiro atoms. The SMILES string of the molecule is CCC1COC(C(C)(C)C)O1. The third-order valence-electron chi connectivity index (χ3n) is 1.91. The molecule has 1 aliphatic heterocycles. The standard InChI is InChI=1S/C9H18O2/c1-5-7-6-10-8(11-7)9(2,3)4/h7-8H,5-6H2,1-4H3. The van der Waals surface area contributed by atoms with Crippen molar-refractivity contribution >= 4 is 0 Å². The summed E-state index contributed by atoms with van der Waals surface area (Å²) in [4.78, 5) is 0. The van der Waals surface area contributed by atoms with Gasteiger partial charge >= 0.3 is 0 Å². The van der Waals surface area contributed by atoms with Crippen LogP contribution in [-0.4, -0.2) is 19.0 Å². The number of hydrogen-bond donors (Lipinski definition) is 0. The fourth-order valence-corrected chi connectivity index (χ4v) is 1.12. The van der Waals surface area contributed by atoms with E-state index in [0.29, 0.717) is 6.10 Å². The largest absolute Gasteiger partial charge is 0.349 e. The van der Waals surface area contributed by atoms with E-state index in [1.807, 2.05) is 0 Å². The molecule has 2 nitrogen and oxygen atoms in total. The molecule has 0 aromatic rings. The Morgan fingerprint density at radius 2 is 2.00 bits per heavy atom. The third kappa shape index (κ3) is 2.17. The van der Waals surface area contributed by atoms with Crippen LogP contribution in [0.4, 0.5) is 0 Å². The van der Waals surface area contributed by atoms with Gasteiger partial charge in [-0.1, -0.05) is 27.7 Å². The lowest BCUT2D eigenvalue weighted by Gasteiger charge is -2.25. The maximum atomic E-state index is 5.65. The highest BCUT2D eigenvalue weighted by molar-refractivity contribution is 4.73. The summed E-state index contributed by atoms with van der Waals surface area (Å²) in [7, 11) is 0. The summed E-state index contributed by atoms with van der Waals surface area (Å²) >= 11 is 0. The zero-order chi connectivity index (χ0) is 8.48. The summed E-state index contributed by atoms with van der Waals surface area (Å²) in [5.41, 5.74) is 0.115. The van der Waals surface area contributed by atoms with E-state index in [9.17, 15) is 0 Å². The van der Waals surface area contributed by atoms with Crippen molar-refractivity contribution in [2.24, 2.45) is 5.41 Å². The topological polar surface area (TPSA) is 18.5 Å². The number of ether oxygens (including phenoxy) is 2. The van der Waals surface area contributed by atoms with Crippen LogP contribution in [0.3, 0.4) is 0 Å². The second-order valence-corrected chi connectivity index (χ2v) is 4.20. The van der Waals surface area contributed by atoms with Gasteiger partial charge in [-0.05, 0) is 6.42 Å². The Hall–Kier alpha value is -0.0800. The summed E-state index contributed by atoms with van der Waals surface area (Å²) in [6.07, 6.45) is 1.36. The normalized spacial score (nSPS) is 32.7. The monoisotopic (exact) mass is 158 g/mol. The first-order valence-electron chi connectivity index (χ1n) is 4.31. The van der Waals surface area contributed by atoms with Crippen LogP contribution in [0.1, 0.15) is 34.1 Å². The molecule has 1 saturated heterocycles. The molecule has 1 rings (SSSR count). The maximum Gasteiger partial charge on any atom is 0.162 e. The predicted molar refractivity (Wildman–Crippen MR) is 44.4 cm³/mol. The van der Waals surface area contributed by atoms with E-state index in [-0.39, 0.29) is 11.7 Å². The molecule has 1 heterocycles. The van der Waals surface area contributed by atoms with Gasteiger partial charge < -0.3 is 9.47 Å². The van der Waals surface area contributed by atoms with E-state index >= 15 is 0 Å². The zero-order valence-corrected chi connectivity index (χ0v) is 7.89. The first kappa shape index (κ1) is 9.01. The van der Waals surface area contributed by atoms with Gasteiger partial charge in [0, 0.05) is 5.41 Å². The summed E-state index contributed by atoms with van der Waals surface area (Å²) in [6.45, 7) is 9.29. The Morgan fingerprint density at radius 1 is 1.36 bits per heavy atom. The van der Waals surface area contributed by atoms with Crippen molar-refractivity contribution in [2.45, 2.75) is 46.5 Å². The highest BCUT2D eigenvalue weighted by atomic mass is 16.7. The van der Waals surface area contributed by atoms with Crippen LogP contribution >= 0.6 is 0 Å². The molecular formula is C9H18O2. The van der Waals surface area contributed by atoms with E-state index < -0.39 is 0 Å². The van der Waals surface area contributed by atoms with Crippen molar-refractivity contribution in [1.29, 1.82) is 0 Å². The average Bonchev–Trinajstić information content (AvgIpc) is 2.32. The van der Waals surface area contributed by atoms with Crippen molar-refractivity contribution in [2.75, 3.05) is 6.61 Å². The van der Waals surface area contributed by atoms with Crippen molar-refractivity contribution in [3.8, 4) is 0 Å². The van der Waals surface area contributed by atoms with E-state index in [1.165, 1.54) is 0 Å². The van der Waals surface area contributed by atoms with Crippen LogP contribution < -0.4 is 0 Å². The predicted octanol–water partition coefficient (Wildman–Crippen LogP) is 2.18. The van der Waals surface area contributed by atoms with Crippen LogP contribution in [0, 0.1) is 5.41 Å². The Bertz CT molecular complexity index is 126. The second-order valence-electron chi connectivity index (χ2n) is 4.20. The Balaban J connectivity index is 2.42. The van der Waals surface area contributed by atoms with Gasteiger partial charge in [0.15, 0.2) is 6.29 Å². The molecule has 1 fully saturated rings. The van der Waals surface area contributed by atoms with E-state index in [4.69, 9.17) is 9.47 Å². The molecule has 0 bridgehead atoms. The van der Waals surface area contributed by atoms with Crippen LogP contribution in [0.25, 0.3) is 0 Å². The van der Waals surface area contributed by atoms with Gasteiger partial charge in [-0.3, -0.25) is 0 Å². The molecule has 11 heavy (non-hydrogen) atoms. The van der Waals surface area contributed by atoms with E-state index in [2.05, 4.69) is 27.7 Å². The van der Waals surface area contributed by atoms with Crippen molar-refractivity contribution in [3.05, 3.63) is 0 Å². The van der Waals surface area contributed by atoms with E-state index in [1.54, 1.807) is 0 Å². The summed E-state index contributed by atoms with van der Waals surface area (Å²) in [5, 5.41) is 0. The lowest BCUT2D eigenvalue weighted by Crippen LogP contribution is -2.27. The number of hydrogen-bond acceptors (Lipinski definition) is 2. The van der Waals surface area contributed by atoms with Crippen LogP contribution in [-0.2, 0) is 9.47 Å². The lowest BCUT2D eigenvalue weighted by molar-refractivity contribution is -0.124. The molecule has 0 N–H and O–H groups in total. The molecule has 2 unspecified atom stereocenters. The smallest absolute Gasteiger partial charge is 0.162 e. The molecule has 66 valence electrons. The maximum absolute atomic E-state index is 5.65. The molecule has 2 atom stereocenters. The van der Waals surface area contributed by atoms with Gasteiger partial charge in [0.2, 0.25) is 0 Å². The number of rotatable bonds is 1. The highest BCUT2D eigenvalue weighted by Gasteiger charge is 2.33. The van der Waals surface area contributed by atoms with Crippen molar-refractivity contribution < 1.29 is 9.47 Å². The lowest BCUT2D eigenvalue weighted by atomic mass is 9.96. The fraction of sp³-hybridized carbons (Fsp3) is 1.00. The van der Waals surface area contributed by atoms with E-state index in [0.717, 1.165) is 13.0 Å². The van der Waals surface area contributed by atoms with Gasteiger partial charge in [0.25, 0.3) is 0 Å². The fourth-order valence-electron chi connectivity index (χ4n) is 1.12. The highest BCUT2D eigenvalue weighted by Crippen LogP contribution is 2.29. The van der Waals surface area contributed by atoms with Crippen molar-refractivity contribution in [3.63, 3.8) is 0 Å². The van der Waals surface area contributed by atoms with Gasteiger partial charge in [-0.25, -0.2) is 0 Å². The quantitative estimate of drug-likeness (QED) is 0.582. The van der Waals surface area contributed by atoms with Gasteiger partial charge in [0.1, 0.15) is 0 Å². The van der Waals surface area contributed by atoms with Crippen LogP contribution in [0.2, 0.25) is 0 Å². The van der Waals surface area contributed by atoms with Gasteiger partial charge in [-0.2, -0.15) is 0 Å². The summed E-state index contributed by atoms with van der Waals surface area (Å²) in [5.74, 6) is 0. The minimum absolute atomic E-state index is 0.00699. The first-order chi connectivity index (χ1) is 5.04. The molecule has 0 amide bonds. The molecule has 0 saturated carbocycles. The second kappa shape index (κ2) is 3.11. The van der Waals surface area contributed by atoms with Crippen molar-refractivity contribution in [1.82, 2.24) is 0 Å². The van der Waals surface area contributed by atoms with Gasteiger partial charge in [-0.15, -0.1) is 0 Å². The Kier molecular flexibility index (Phi) is 2.55. The minimum atomic E-state index is -0.00699. The molecule has 0 aromatic heterocycles. The molecule has 1 aliphatic rings. The summed E-state index contributed by atoms with van der Waals surface area (Å²) in [6, 6.07) is 0. The van der Waals surface area contributed by atoms with Crippen LogP contribution in [0.15, 0.2) is 0 Å². The molecule has 0 aromatic carbocycles. The molecule has 2 heteroatoms. The molecule has 0 aliphatic carbocycles. The first-order valence-corrected chi connectivity index (χ1v) is 4.31. The molecule has 0 radical (unpaired) electrons. The average molecular weight is 158 g/mol. The van der Waals surface area contributed by atoms with Gasteiger partial charge in [0.05, 0.1) is 12.7 Å². The Labute approximate surface area is 68.9 Å². The zero-order valence-electron chi connectivity index (χ0n) is 7.89. The Morgan fingerprint density at radius 3 is 2.27 bits per heavy atom. The summed E-state index contributed by atoms with van der Waals surface area (Å²) < 4.78 is 11.2. The van der Waals surface area contributed by atoms with Crippen LogP contribution in [0.5, 0.6) is 0 Å².